The third-order valence-electron chi connectivity index (χ3n) is 1.69. The number of hydrogen-bond donors (Lipinski definition) is 0. The van der Waals surface area contributed by atoms with Crippen LogP contribution in [0.5, 0.6) is 0 Å². The summed E-state index contributed by atoms with van der Waals surface area (Å²) in [4.78, 5) is 11.1. The molecular formula is C9H17O3. The third kappa shape index (κ3) is 4.34. The predicted molar refractivity (Wildman–Crippen MR) is 46.6 cm³/mol. The Labute approximate surface area is 74.0 Å². The van der Waals surface area contributed by atoms with Crippen molar-refractivity contribution in [2.24, 2.45) is 5.92 Å². The van der Waals surface area contributed by atoms with Crippen molar-refractivity contribution in [1.29, 1.82) is 0 Å². The fraction of sp³-hybridized carbons (Fsp3) is 0.778. The van der Waals surface area contributed by atoms with Crippen molar-refractivity contribution in [2.45, 2.75) is 26.4 Å². The van der Waals surface area contributed by atoms with Gasteiger partial charge in [-0.15, -0.1) is 0 Å². The second kappa shape index (κ2) is 6.00. The summed E-state index contributed by atoms with van der Waals surface area (Å²) in [6.07, 6.45) is 0.665. The van der Waals surface area contributed by atoms with E-state index in [2.05, 4.69) is 6.92 Å². The second-order valence-corrected chi connectivity index (χ2v) is 2.78. The number of hydrogen-bond acceptors (Lipinski definition) is 3. The van der Waals surface area contributed by atoms with Crippen LogP contribution >= 0.6 is 0 Å². The number of carbonyl (C=O) groups excluding carboxylic acids is 1. The van der Waals surface area contributed by atoms with E-state index >= 15 is 0 Å². The van der Waals surface area contributed by atoms with E-state index in [9.17, 15) is 4.79 Å². The lowest BCUT2D eigenvalue weighted by molar-refractivity contribution is -0.150. The summed E-state index contributed by atoms with van der Waals surface area (Å²) in [5.74, 6) is -0.504. The molecule has 0 spiro atoms. The predicted octanol–water partition coefficient (Wildman–Crippen LogP) is 1.42. The molecule has 0 aliphatic rings. The van der Waals surface area contributed by atoms with Crippen molar-refractivity contribution in [3.8, 4) is 0 Å². The zero-order valence-corrected chi connectivity index (χ0v) is 8.00. The van der Waals surface area contributed by atoms with Crippen LogP contribution in [0.3, 0.4) is 0 Å². The Hall–Kier alpha value is -0.570. The smallest absolute Gasteiger partial charge is 0.309 e. The van der Waals surface area contributed by atoms with E-state index in [4.69, 9.17) is 9.47 Å². The molecular weight excluding hydrogens is 156 g/mol. The van der Waals surface area contributed by atoms with Gasteiger partial charge in [0.15, 0.2) is 0 Å². The molecule has 0 bridgehead atoms. The first-order valence-electron chi connectivity index (χ1n) is 4.14. The Balaban J connectivity index is 3.56. The molecule has 3 heteroatoms. The molecule has 0 heterocycles. The molecule has 0 amide bonds. The number of rotatable bonds is 5. The van der Waals surface area contributed by atoms with E-state index < -0.39 is 0 Å². The summed E-state index contributed by atoms with van der Waals surface area (Å²) in [6.45, 7) is 7.70. The Morgan fingerprint density at radius 3 is 2.58 bits per heavy atom. The van der Waals surface area contributed by atoms with Gasteiger partial charge in [-0.2, -0.15) is 0 Å². The first-order chi connectivity index (χ1) is 5.61. The molecule has 0 N–H and O–H groups in total. The van der Waals surface area contributed by atoms with Crippen molar-refractivity contribution in [2.75, 3.05) is 13.7 Å². The maximum Gasteiger partial charge on any atom is 0.309 e. The highest BCUT2D eigenvalue weighted by Gasteiger charge is 2.12. The largest absolute Gasteiger partial charge is 0.463 e. The quantitative estimate of drug-likeness (QED) is 0.590. The first-order valence-corrected chi connectivity index (χ1v) is 4.14. The monoisotopic (exact) mass is 173 g/mol. The van der Waals surface area contributed by atoms with Crippen LogP contribution in [0.15, 0.2) is 0 Å². The molecule has 2 atom stereocenters. The SMILES string of the molecule is [CH2]C(CC)C(=O)OCC(C)OC. The highest BCUT2D eigenvalue weighted by molar-refractivity contribution is 5.72. The molecule has 12 heavy (non-hydrogen) atoms. The van der Waals surface area contributed by atoms with Gasteiger partial charge in [0.1, 0.15) is 6.61 Å². The van der Waals surface area contributed by atoms with Gasteiger partial charge in [0.25, 0.3) is 0 Å². The standard InChI is InChI=1S/C9H17O3/c1-5-7(2)9(10)12-6-8(3)11-4/h7-8H,2,5-6H2,1,3-4H3. The van der Waals surface area contributed by atoms with Gasteiger partial charge >= 0.3 is 5.97 Å². The molecule has 0 aliphatic heterocycles. The minimum absolute atomic E-state index is 0.0435. The number of methoxy groups -OCH3 is 1. The van der Waals surface area contributed by atoms with Crippen LogP contribution < -0.4 is 0 Å². The molecule has 0 fully saturated rings. The highest BCUT2D eigenvalue weighted by Crippen LogP contribution is 2.03. The highest BCUT2D eigenvalue weighted by atomic mass is 16.6. The van der Waals surface area contributed by atoms with E-state index in [1.165, 1.54) is 0 Å². The average molecular weight is 173 g/mol. The van der Waals surface area contributed by atoms with Gasteiger partial charge in [0.2, 0.25) is 0 Å². The van der Waals surface area contributed by atoms with Gasteiger partial charge in [0, 0.05) is 7.11 Å². The zero-order chi connectivity index (χ0) is 9.56. The topological polar surface area (TPSA) is 35.5 Å². The van der Waals surface area contributed by atoms with Crippen LogP contribution in [0.25, 0.3) is 0 Å². The summed E-state index contributed by atoms with van der Waals surface area (Å²) in [7, 11) is 1.58. The van der Waals surface area contributed by atoms with E-state index in [1.54, 1.807) is 7.11 Å². The molecule has 71 valence electrons. The van der Waals surface area contributed by atoms with E-state index in [-0.39, 0.29) is 18.0 Å². The Morgan fingerprint density at radius 2 is 2.17 bits per heavy atom. The van der Waals surface area contributed by atoms with Gasteiger partial charge in [-0.05, 0) is 20.3 Å². The van der Waals surface area contributed by atoms with Crippen molar-refractivity contribution in [1.82, 2.24) is 0 Å². The number of esters is 1. The van der Waals surface area contributed by atoms with E-state index in [1.807, 2.05) is 13.8 Å². The Kier molecular flexibility index (Phi) is 5.72. The maximum absolute atomic E-state index is 11.1. The molecule has 0 rings (SSSR count). The third-order valence-corrected chi connectivity index (χ3v) is 1.69. The molecule has 0 saturated carbocycles. The molecule has 1 radical (unpaired) electrons. The zero-order valence-electron chi connectivity index (χ0n) is 8.00. The fourth-order valence-corrected chi connectivity index (χ4v) is 0.552. The maximum atomic E-state index is 11.1. The molecule has 3 nitrogen and oxygen atoms in total. The Bertz CT molecular complexity index is 134. The van der Waals surface area contributed by atoms with Gasteiger partial charge in [-0.3, -0.25) is 4.79 Å². The molecule has 0 aromatic heterocycles. The summed E-state index contributed by atoms with van der Waals surface area (Å²) in [5, 5.41) is 0. The Morgan fingerprint density at radius 1 is 1.58 bits per heavy atom. The fourth-order valence-electron chi connectivity index (χ4n) is 0.552. The van der Waals surface area contributed by atoms with Crippen LogP contribution in [0.4, 0.5) is 0 Å². The van der Waals surface area contributed by atoms with Gasteiger partial charge in [-0.25, -0.2) is 0 Å². The van der Waals surface area contributed by atoms with Crippen LogP contribution in [0, 0.1) is 12.8 Å². The van der Waals surface area contributed by atoms with Gasteiger partial charge in [-0.1, -0.05) is 6.92 Å². The van der Waals surface area contributed by atoms with Crippen molar-refractivity contribution in [3.05, 3.63) is 6.92 Å². The lowest BCUT2D eigenvalue weighted by Crippen LogP contribution is -2.21. The van der Waals surface area contributed by atoms with Crippen LogP contribution in [0.2, 0.25) is 0 Å². The average Bonchev–Trinajstić information content (AvgIpc) is 2.11. The normalized spacial score (nSPS) is 15.3. The molecule has 0 aliphatic carbocycles. The summed E-state index contributed by atoms with van der Waals surface area (Å²) in [6, 6.07) is 0. The molecule has 0 aromatic rings. The van der Waals surface area contributed by atoms with E-state index in [0.29, 0.717) is 13.0 Å². The lowest BCUT2D eigenvalue weighted by atomic mass is 10.1. The van der Waals surface area contributed by atoms with Crippen LogP contribution in [0.1, 0.15) is 20.3 Å². The molecule has 0 aromatic carbocycles. The number of carbonyl (C=O) groups is 1. The van der Waals surface area contributed by atoms with Crippen molar-refractivity contribution in [3.63, 3.8) is 0 Å². The van der Waals surface area contributed by atoms with Gasteiger partial charge < -0.3 is 9.47 Å². The summed E-state index contributed by atoms with van der Waals surface area (Å²) < 4.78 is 9.84. The van der Waals surface area contributed by atoms with Crippen LogP contribution in [-0.4, -0.2) is 25.8 Å². The lowest BCUT2D eigenvalue weighted by Gasteiger charge is -2.12. The number of ether oxygens (including phenoxy) is 2. The van der Waals surface area contributed by atoms with E-state index in [0.717, 1.165) is 0 Å². The minimum Gasteiger partial charge on any atom is -0.463 e. The van der Waals surface area contributed by atoms with Crippen molar-refractivity contribution < 1.29 is 14.3 Å². The summed E-state index contributed by atoms with van der Waals surface area (Å²) >= 11 is 0. The molecule has 0 saturated heterocycles. The van der Waals surface area contributed by atoms with Crippen LogP contribution in [-0.2, 0) is 14.3 Å². The molecule has 2 unspecified atom stereocenters. The summed E-state index contributed by atoms with van der Waals surface area (Å²) in [5.41, 5.74) is 0. The van der Waals surface area contributed by atoms with Crippen molar-refractivity contribution >= 4 is 5.97 Å². The minimum atomic E-state index is -0.256. The first kappa shape index (κ1) is 11.4. The van der Waals surface area contributed by atoms with Gasteiger partial charge in [0.05, 0.1) is 12.0 Å². The second-order valence-electron chi connectivity index (χ2n) is 2.78.